The highest BCUT2D eigenvalue weighted by Crippen LogP contribution is 2.20. The number of amides is 1. The number of hydrogen-bond donors (Lipinski definition) is 1. The summed E-state index contributed by atoms with van der Waals surface area (Å²) in [7, 11) is -0.764. The Morgan fingerprint density at radius 2 is 1.81 bits per heavy atom. The number of ether oxygens (including phenoxy) is 1. The third kappa shape index (κ3) is 5.51. The number of carbonyl (C=O) groups is 2. The lowest BCUT2D eigenvalue weighted by Crippen LogP contribution is -2.30. The van der Waals surface area contributed by atoms with Crippen LogP contribution < -0.4 is 10.3 Å². The van der Waals surface area contributed by atoms with Crippen LogP contribution in [0.25, 0.3) is 0 Å². The van der Waals surface area contributed by atoms with Crippen LogP contribution in [-0.4, -0.2) is 57.6 Å². The van der Waals surface area contributed by atoms with Gasteiger partial charge in [-0.25, -0.2) is 17.5 Å². The lowest BCUT2D eigenvalue weighted by Gasteiger charge is -2.15. The van der Waals surface area contributed by atoms with E-state index in [1.54, 1.807) is 42.5 Å². The molecule has 9 nitrogen and oxygen atoms in total. The van der Waals surface area contributed by atoms with Crippen LogP contribution in [0.2, 0.25) is 0 Å². The first-order chi connectivity index (χ1) is 15.2. The minimum absolute atomic E-state index is 0.00983. The molecule has 1 aliphatic rings. The molecule has 1 N–H and O–H groups in total. The van der Waals surface area contributed by atoms with Gasteiger partial charge in [-0.15, -0.1) is 0 Å². The highest BCUT2D eigenvalue weighted by Gasteiger charge is 2.21. The molecule has 0 saturated heterocycles. The summed E-state index contributed by atoms with van der Waals surface area (Å²) in [6, 6.07) is 13.2. The number of nitrogens with one attached hydrogen (secondary N) is 1. The van der Waals surface area contributed by atoms with Gasteiger partial charge in [-0.1, -0.05) is 18.2 Å². The van der Waals surface area contributed by atoms with E-state index < -0.39 is 28.5 Å². The predicted octanol–water partition coefficient (Wildman–Crippen LogP) is 2.00. The lowest BCUT2D eigenvalue weighted by atomic mass is 10.2. The fourth-order valence-electron chi connectivity index (χ4n) is 3.09. The van der Waals surface area contributed by atoms with Crippen LogP contribution in [0.4, 0.5) is 5.69 Å². The van der Waals surface area contributed by atoms with Crippen LogP contribution in [0.1, 0.15) is 29.3 Å². The van der Waals surface area contributed by atoms with Gasteiger partial charge in [0, 0.05) is 39.3 Å². The first kappa shape index (κ1) is 23.4. The van der Waals surface area contributed by atoms with Crippen molar-refractivity contribution < 1.29 is 22.7 Å². The van der Waals surface area contributed by atoms with Gasteiger partial charge in [0.15, 0.2) is 6.61 Å². The second-order valence-corrected chi connectivity index (χ2v) is 9.62. The number of nitrogens with zero attached hydrogens (tertiary/aromatic N) is 3. The Balaban J connectivity index is 1.53. The van der Waals surface area contributed by atoms with Crippen molar-refractivity contribution in [2.75, 3.05) is 32.3 Å². The van der Waals surface area contributed by atoms with Crippen molar-refractivity contribution in [3.05, 3.63) is 59.7 Å². The summed E-state index contributed by atoms with van der Waals surface area (Å²) in [5.41, 5.74) is 2.70. The zero-order valence-electron chi connectivity index (χ0n) is 18.2. The van der Waals surface area contributed by atoms with Gasteiger partial charge in [-0.2, -0.15) is 5.10 Å². The number of carbonyl (C=O) groups excluding carboxylic acids is 2. The molecule has 3 rings (SSSR count). The molecule has 10 heteroatoms. The Hall–Kier alpha value is -3.24. The Kier molecular flexibility index (Phi) is 7.26. The van der Waals surface area contributed by atoms with E-state index in [4.69, 9.17) is 4.74 Å². The van der Waals surface area contributed by atoms with Crippen molar-refractivity contribution in [1.29, 1.82) is 0 Å². The summed E-state index contributed by atoms with van der Waals surface area (Å²) >= 11 is 0. The molecule has 2 aromatic rings. The molecule has 32 heavy (non-hydrogen) atoms. The van der Waals surface area contributed by atoms with Crippen LogP contribution in [-0.2, 0) is 26.1 Å². The molecule has 1 aliphatic heterocycles. The second-order valence-electron chi connectivity index (χ2n) is 7.50. The number of esters is 1. The molecular formula is C22H26N4O5S. The smallest absolute Gasteiger partial charge is 0.338 e. The number of benzene rings is 2. The molecule has 0 radical (unpaired) electrons. The van der Waals surface area contributed by atoms with Crippen LogP contribution in [0.15, 0.2) is 58.5 Å². The predicted molar refractivity (Wildman–Crippen MR) is 121 cm³/mol. The first-order valence-electron chi connectivity index (χ1n) is 10.0. The number of sulfonamides is 1. The molecule has 1 heterocycles. The van der Waals surface area contributed by atoms with E-state index in [1.807, 2.05) is 11.9 Å². The maximum absolute atomic E-state index is 12.4. The van der Waals surface area contributed by atoms with E-state index in [0.29, 0.717) is 11.1 Å². The van der Waals surface area contributed by atoms with Crippen molar-refractivity contribution in [2.45, 2.75) is 24.8 Å². The average Bonchev–Trinajstić information content (AvgIpc) is 3.22. The molecule has 0 aromatic heterocycles. The van der Waals surface area contributed by atoms with E-state index >= 15 is 0 Å². The fraction of sp³-hybridized carbons (Fsp3) is 0.318. The molecule has 170 valence electrons. The van der Waals surface area contributed by atoms with Crippen molar-refractivity contribution in [3.8, 4) is 0 Å². The molecular weight excluding hydrogens is 432 g/mol. The van der Waals surface area contributed by atoms with E-state index in [0.717, 1.165) is 28.7 Å². The van der Waals surface area contributed by atoms with Gasteiger partial charge in [0.1, 0.15) is 0 Å². The number of anilines is 1. The van der Waals surface area contributed by atoms with Gasteiger partial charge >= 0.3 is 5.97 Å². The van der Waals surface area contributed by atoms with Gasteiger partial charge in [-0.3, -0.25) is 9.80 Å². The fourth-order valence-corrected chi connectivity index (χ4v) is 4.20. The van der Waals surface area contributed by atoms with Crippen molar-refractivity contribution in [2.24, 2.45) is 5.10 Å². The second kappa shape index (κ2) is 9.92. The molecule has 0 spiro atoms. The van der Waals surface area contributed by atoms with Gasteiger partial charge in [-0.05, 0) is 42.8 Å². The average molecular weight is 459 g/mol. The first-order valence-corrected chi connectivity index (χ1v) is 11.5. The van der Waals surface area contributed by atoms with Gasteiger partial charge in [0.2, 0.25) is 10.0 Å². The zero-order valence-corrected chi connectivity index (χ0v) is 19.1. The van der Waals surface area contributed by atoms with Gasteiger partial charge in [0.05, 0.1) is 16.1 Å². The van der Waals surface area contributed by atoms with Crippen molar-refractivity contribution >= 4 is 33.3 Å². The molecule has 0 bridgehead atoms. The zero-order chi connectivity index (χ0) is 23.3. The summed E-state index contributed by atoms with van der Waals surface area (Å²) < 4.78 is 31.0. The molecule has 0 saturated carbocycles. The summed E-state index contributed by atoms with van der Waals surface area (Å²) in [5, 5.41) is 8.86. The third-order valence-electron chi connectivity index (χ3n) is 4.92. The quantitative estimate of drug-likeness (QED) is 0.606. The third-order valence-corrected chi connectivity index (χ3v) is 6.83. The monoisotopic (exact) mass is 458 g/mol. The minimum Gasteiger partial charge on any atom is -0.452 e. The Morgan fingerprint density at radius 3 is 2.44 bits per heavy atom. The van der Waals surface area contributed by atoms with Crippen molar-refractivity contribution in [3.63, 3.8) is 0 Å². The number of hydrogen-bond acceptors (Lipinski definition) is 7. The molecule has 0 unspecified atom stereocenters. The highest BCUT2D eigenvalue weighted by atomic mass is 32.2. The Labute approximate surface area is 187 Å². The Bertz CT molecular complexity index is 1130. The maximum atomic E-state index is 12.4. The highest BCUT2D eigenvalue weighted by molar-refractivity contribution is 7.89. The molecule has 2 aromatic carbocycles. The van der Waals surface area contributed by atoms with E-state index in [2.05, 4.69) is 10.4 Å². The van der Waals surface area contributed by atoms with Gasteiger partial charge in [0.25, 0.3) is 5.91 Å². The maximum Gasteiger partial charge on any atom is 0.338 e. The van der Waals surface area contributed by atoms with Crippen molar-refractivity contribution in [1.82, 2.24) is 9.62 Å². The molecule has 1 amide bonds. The summed E-state index contributed by atoms with van der Waals surface area (Å²) in [6.45, 7) is 2.29. The molecule has 0 atom stereocenters. The largest absolute Gasteiger partial charge is 0.452 e. The van der Waals surface area contributed by atoms with Crippen LogP contribution >= 0.6 is 0 Å². The van der Waals surface area contributed by atoms with Crippen LogP contribution in [0.3, 0.4) is 0 Å². The standard InChI is InChI=1S/C22H26N4O5S/c1-16-12-13-26(24-16)19-10-8-17(9-11-19)22(28)31-15-21(27)23-14-18-6-4-5-7-20(18)32(29,30)25(2)3/h4-11H,12-15H2,1-3H3,(H,23,27). The Morgan fingerprint density at radius 1 is 1.12 bits per heavy atom. The number of hydrazone groups is 1. The summed E-state index contributed by atoms with van der Waals surface area (Å²) in [5.74, 6) is -1.16. The SMILES string of the molecule is CC1=NN(c2ccc(C(=O)OCC(=O)NCc3ccccc3S(=O)(=O)N(C)C)cc2)CC1. The van der Waals surface area contributed by atoms with E-state index in [1.165, 1.54) is 20.2 Å². The van der Waals surface area contributed by atoms with Crippen LogP contribution in [0.5, 0.6) is 0 Å². The summed E-state index contributed by atoms with van der Waals surface area (Å²) in [4.78, 5) is 24.5. The lowest BCUT2D eigenvalue weighted by molar-refractivity contribution is -0.124. The normalized spacial score (nSPS) is 13.8. The van der Waals surface area contributed by atoms with E-state index in [9.17, 15) is 18.0 Å². The van der Waals surface area contributed by atoms with Gasteiger partial charge < -0.3 is 10.1 Å². The molecule has 0 aliphatic carbocycles. The molecule has 0 fully saturated rings. The topological polar surface area (TPSA) is 108 Å². The van der Waals surface area contributed by atoms with E-state index in [-0.39, 0.29) is 11.4 Å². The van der Waals surface area contributed by atoms with Crippen LogP contribution in [0, 0.1) is 0 Å². The summed E-state index contributed by atoms with van der Waals surface area (Å²) in [6.07, 6.45) is 0.907. The number of rotatable bonds is 8. The minimum atomic E-state index is -3.64.